The Bertz CT molecular complexity index is 3900. The molecule has 0 unspecified atom stereocenters. The van der Waals surface area contributed by atoms with E-state index in [-0.39, 0.29) is 72.9 Å². The van der Waals surface area contributed by atoms with Crippen molar-refractivity contribution in [1.29, 1.82) is 0 Å². The molecule has 4 fully saturated rings. The number of hydrogen-bond donors (Lipinski definition) is 4. The number of nitrogens with one attached hydrogen (secondary N) is 3. The fraction of sp³-hybridized carbons (Fsp3) is 0.347. The van der Waals surface area contributed by atoms with Crippen LogP contribution in [0.15, 0.2) is 158 Å². The van der Waals surface area contributed by atoms with Gasteiger partial charge in [-0.05, 0) is 162 Å². The Kier molecular flexibility index (Phi) is 22.7. The highest BCUT2D eigenvalue weighted by atomic mass is 35.5. The van der Waals surface area contributed by atoms with Crippen LogP contribution >= 0.6 is 12.4 Å². The third kappa shape index (κ3) is 17.2. The largest absolute Gasteiger partial charge is 0.444 e. The molecule has 0 bridgehead atoms. The van der Waals surface area contributed by atoms with Gasteiger partial charge >= 0.3 is 6.09 Å². The van der Waals surface area contributed by atoms with E-state index in [1.165, 1.54) is 0 Å². The van der Waals surface area contributed by atoms with Gasteiger partial charge < -0.3 is 35.6 Å². The average Bonchev–Trinajstić information content (AvgIpc) is 2.76. The standard InChI is InChI=1S/C38H41N5O5.C33H33N5O3.CH4O.ClH/c1-38(2,3)48-37(47)43-20-7-11-31(43)33(44)23-29-16-13-27-22-26(14-17-30(27)40-29)28-15-18-34(39-24-28)41-36(46)32-12-8-19-42(32)35(45)21-25-9-5-4-6-10-25;39-30(28-8-4-16-34-28)20-26-13-10-24-19-23(11-14-27(24)36-26)25-12-15-31(35-21-25)37-33(41)29-9-5-17-38(29)32(40)18-22-6-2-1-3-7-22;1-2;/h4-6,9-10,13-18,22,24,31-32H,7-8,11-12,19-21,23H2,1-3H3,(H,39,41,46);1-3,6-7,10-15,19,21,28-29,34H,4-5,8-9,16-18,20H2,(H,35,37,41);2H,1H3;1H/t31-,32-;28-,29-;;/m00../s1. The minimum absolute atomic E-state index is 0. The van der Waals surface area contributed by atoms with Crippen molar-refractivity contribution in [3.05, 3.63) is 181 Å². The number of nitrogens with zero attached hydrogens (tertiary/aromatic N) is 7. The van der Waals surface area contributed by atoms with Gasteiger partial charge in [0.25, 0.3) is 0 Å². The number of carbonyl (C=O) groups is 7. The van der Waals surface area contributed by atoms with Crippen molar-refractivity contribution >= 4 is 87.1 Å². The number of pyridine rings is 4. The number of fused-ring (bicyclic) bond motifs is 2. The Hall–Kier alpha value is -9.30. The SMILES string of the molecule is CC(C)(C)OC(=O)N1CCC[C@H]1C(=O)Cc1ccc2cc(-c3ccc(NC(=O)[C@@H]4CCCN4C(=O)Cc4ccccc4)nc3)ccc2n1.CO.Cl.O=C(Cc1ccc2cc(-c3ccc(NC(=O)[C@@H]4CCCN4C(=O)Cc4ccccc4)nc3)ccc2n1)[C@@H]1CCCN1. The third-order valence-corrected chi connectivity index (χ3v) is 16.7. The lowest BCUT2D eigenvalue weighted by Crippen LogP contribution is -2.43. The molecule has 0 radical (unpaired) electrons. The van der Waals surface area contributed by atoms with Gasteiger partial charge in [0, 0.05) is 72.4 Å². The van der Waals surface area contributed by atoms with Gasteiger partial charge in [-0.25, -0.2) is 14.8 Å². The second-order valence-electron chi connectivity index (χ2n) is 24.3. The molecule has 5 amide bonds. The molecule has 0 saturated carbocycles. The number of amides is 5. The molecule has 0 aliphatic carbocycles. The lowest BCUT2D eigenvalue weighted by Gasteiger charge is -2.28. The summed E-state index contributed by atoms with van der Waals surface area (Å²) >= 11 is 0. The maximum absolute atomic E-state index is 13.2. The summed E-state index contributed by atoms with van der Waals surface area (Å²) in [5.41, 5.74) is 8.00. The van der Waals surface area contributed by atoms with Crippen LogP contribution in [0.25, 0.3) is 44.1 Å². The predicted molar refractivity (Wildman–Crippen MR) is 357 cm³/mol. The van der Waals surface area contributed by atoms with E-state index in [9.17, 15) is 33.6 Å². The van der Waals surface area contributed by atoms with Gasteiger partial charge in [0.15, 0.2) is 11.6 Å². The summed E-state index contributed by atoms with van der Waals surface area (Å²) in [5, 5.41) is 17.9. The number of benzene rings is 4. The van der Waals surface area contributed by atoms with Crippen molar-refractivity contribution in [1.82, 2.24) is 40.0 Å². The smallest absolute Gasteiger partial charge is 0.410 e. The number of aliphatic hydroxyl groups excluding tert-OH is 1. The number of ketones is 2. The molecule has 92 heavy (non-hydrogen) atoms. The molecule has 4 aromatic heterocycles. The number of likely N-dealkylation sites (tertiary alicyclic amines) is 3. The van der Waals surface area contributed by atoms with Crippen molar-refractivity contribution in [2.45, 2.75) is 128 Å². The summed E-state index contributed by atoms with van der Waals surface area (Å²) in [6.45, 7) is 8.02. The molecule has 4 N–H and O–H groups in total. The van der Waals surface area contributed by atoms with Crippen LogP contribution in [0.4, 0.5) is 16.4 Å². The molecule has 4 aliphatic rings. The summed E-state index contributed by atoms with van der Waals surface area (Å²) in [7, 11) is 1.00. The lowest BCUT2D eigenvalue weighted by molar-refractivity contribution is -0.136. The Morgan fingerprint density at radius 2 is 0.957 bits per heavy atom. The number of anilines is 2. The molecule has 12 rings (SSSR count). The zero-order chi connectivity index (χ0) is 64.0. The summed E-state index contributed by atoms with van der Waals surface area (Å²) in [6.07, 6.45) is 10.2. The van der Waals surface area contributed by atoms with Crippen LogP contribution in [0.2, 0.25) is 0 Å². The lowest BCUT2D eigenvalue weighted by atomic mass is 10.0. The van der Waals surface area contributed by atoms with Crippen LogP contribution in [0, 0.1) is 0 Å². The molecular formula is C72H79ClN10O9. The van der Waals surface area contributed by atoms with Gasteiger partial charge in [0.1, 0.15) is 29.3 Å². The van der Waals surface area contributed by atoms with E-state index in [1.54, 1.807) is 39.2 Å². The molecule has 4 atom stereocenters. The second-order valence-corrected chi connectivity index (χ2v) is 24.3. The van der Waals surface area contributed by atoms with Crippen LogP contribution in [-0.2, 0) is 59.2 Å². The van der Waals surface area contributed by atoms with Crippen molar-refractivity contribution in [2.24, 2.45) is 0 Å². The van der Waals surface area contributed by atoms with E-state index in [4.69, 9.17) is 19.8 Å². The molecule has 4 aliphatic heterocycles. The first-order valence-electron chi connectivity index (χ1n) is 31.3. The fourth-order valence-corrected chi connectivity index (χ4v) is 12.2. The van der Waals surface area contributed by atoms with Gasteiger partial charge in [-0.2, -0.15) is 0 Å². The molecule has 0 spiro atoms. The summed E-state index contributed by atoms with van der Waals surface area (Å²) in [6, 6.07) is 44.6. The van der Waals surface area contributed by atoms with E-state index in [1.807, 2.05) is 148 Å². The van der Waals surface area contributed by atoms with Crippen molar-refractivity contribution in [2.75, 3.05) is 43.9 Å². The second kappa shape index (κ2) is 31.1. The minimum atomic E-state index is -0.622. The first-order chi connectivity index (χ1) is 44.1. The first-order valence-corrected chi connectivity index (χ1v) is 31.3. The Balaban J connectivity index is 0.000000212. The molecule has 478 valence electrons. The van der Waals surface area contributed by atoms with Crippen molar-refractivity contribution in [3.63, 3.8) is 0 Å². The van der Waals surface area contributed by atoms with Gasteiger partial charge in [0.2, 0.25) is 23.6 Å². The molecule has 19 nitrogen and oxygen atoms in total. The van der Waals surface area contributed by atoms with Crippen molar-refractivity contribution in [3.8, 4) is 22.3 Å². The molecule has 4 aromatic carbocycles. The topological polar surface area (TPSA) is 246 Å². The van der Waals surface area contributed by atoms with E-state index in [0.29, 0.717) is 62.6 Å². The maximum atomic E-state index is 13.2. The van der Waals surface area contributed by atoms with Gasteiger partial charge in [-0.15, -0.1) is 12.4 Å². The number of aromatic nitrogens is 4. The average molecular weight is 1260 g/mol. The van der Waals surface area contributed by atoms with Gasteiger partial charge in [-0.1, -0.05) is 84.9 Å². The maximum Gasteiger partial charge on any atom is 0.410 e. The molecule has 8 heterocycles. The quantitative estimate of drug-likeness (QED) is 0.0703. The van der Waals surface area contributed by atoms with Crippen LogP contribution in [0.5, 0.6) is 0 Å². The monoisotopic (exact) mass is 1260 g/mol. The molecule has 4 saturated heterocycles. The van der Waals surface area contributed by atoms with E-state index in [2.05, 4.69) is 32.0 Å². The van der Waals surface area contributed by atoms with Crippen LogP contribution in [0.1, 0.15) is 94.7 Å². The Morgan fingerprint density at radius 1 is 0.511 bits per heavy atom. The van der Waals surface area contributed by atoms with Gasteiger partial charge in [0.05, 0.1) is 48.8 Å². The number of carbonyl (C=O) groups excluding carboxylic acids is 7. The summed E-state index contributed by atoms with van der Waals surface area (Å²) in [5.74, 6) is 0.510. The summed E-state index contributed by atoms with van der Waals surface area (Å²) < 4.78 is 5.51. The van der Waals surface area contributed by atoms with Gasteiger partial charge in [-0.3, -0.25) is 43.6 Å². The Labute approximate surface area is 542 Å². The van der Waals surface area contributed by atoms with E-state index < -0.39 is 29.8 Å². The highest BCUT2D eigenvalue weighted by molar-refractivity contribution is 5.99. The highest BCUT2D eigenvalue weighted by Crippen LogP contribution is 2.30. The number of ether oxygens (including phenoxy) is 1. The van der Waals surface area contributed by atoms with E-state index >= 15 is 0 Å². The number of halogens is 1. The Morgan fingerprint density at radius 3 is 1.39 bits per heavy atom. The molecule has 8 aromatic rings. The number of Topliss-reactive ketones (excluding diaryl/α,β-unsaturated/α-hetero) is 2. The first kappa shape index (κ1) is 67.1. The minimum Gasteiger partial charge on any atom is -0.444 e. The third-order valence-electron chi connectivity index (χ3n) is 16.7. The van der Waals surface area contributed by atoms with Crippen molar-refractivity contribution < 1.29 is 43.4 Å². The number of hydrogen-bond acceptors (Lipinski definition) is 14. The number of aliphatic hydroxyl groups is 1. The molecular weight excluding hydrogens is 1180 g/mol. The normalized spacial score (nSPS) is 17.6. The fourth-order valence-electron chi connectivity index (χ4n) is 12.2. The summed E-state index contributed by atoms with van der Waals surface area (Å²) in [4.78, 5) is 114. The molecule has 20 heteroatoms. The zero-order valence-corrected chi connectivity index (χ0v) is 53.2. The van der Waals surface area contributed by atoms with Crippen LogP contribution in [-0.4, -0.2) is 144 Å². The highest BCUT2D eigenvalue weighted by Gasteiger charge is 2.38. The zero-order valence-electron chi connectivity index (χ0n) is 52.4. The van der Waals surface area contributed by atoms with Crippen LogP contribution in [0.3, 0.4) is 0 Å². The van der Waals surface area contributed by atoms with E-state index in [0.717, 1.165) is 107 Å². The van der Waals surface area contributed by atoms with Crippen LogP contribution < -0.4 is 16.0 Å². The number of rotatable bonds is 16. The predicted octanol–water partition coefficient (Wildman–Crippen LogP) is 10.3.